The molecular weight excluding hydrogens is 224 g/mol. The number of aryl methyl sites for hydroxylation is 1. The van der Waals surface area contributed by atoms with E-state index in [0.29, 0.717) is 11.8 Å². The number of hydrogen-bond acceptors (Lipinski definition) is 2. The summed E-state index contributed by atoms with van der Waals surface area (Å²) in [6.45, 7) is 1.96. The van der Waals surface area contributed by atoms with E-state index in [0.717, 1.165) is 16.9 Å². The molecule has 2 unspecified atom stereocenters. The Balaban J connectivity index is 1.66. The summed E-state index contributed by atoms with van der Waals surface area (Å²) in [5.74, 6) is 1.80. The van der Waals surface area contributed by atoms with Crippen molar-refractivity contribution in [2.75, 3.05) is 11.1 Å². The van der Waals surface area contributed by atoms with Crippen LogP contribution in [0.3, 0.4) is 0 Å². The topological polar surface area (TPSA) is 55.1 Å². The maximum atomic E-state index is 12.2. The van der Waals surface area contributed by atoms with Crippen LogP contribution in [-0.4, -0.2) is 5.91 Å². The van der Waals surface area contributed by atoms with Gasteiger partial charge in [0.25, 0.3) is 0 Å². The van der Waals surface area contributed by atoms with Crippen molar-refractivity contribution in [1.82, 2.24) is 0 Å². The molecule has 0 aromatic heterocycles. The number of amides is 1. The minimum atomic E-state index is 0.205. The second-order valence-electron chi connectivity index (χ2n) is 5.70. The summed E-state index contributed by atoms with van der Waals surface area (Å²) in [5.41, 5.74) is 8.43. The van der Waals surface area contributed by atoms with Gasteiger partial charge in [-0.1, -0.05) is 12.8 Å². The molecule has 1 aromatic carbocycles. The Morgan fingerprint density at radius 1 is 1.28 bits per heavy atom. The van der Waals surface area contributed by atoms with Gasteiger partial charge in [0, 0.05) is 17.3 Å². The van der Waals surface area contributed by atoms with Gasteiger partial charge >= 0.3 is 0 Å². The van der Waals surface area contributed by atoms with Crippen LogP contribution in [0.2, 0.25) is 0 Å². The van der Waals surface area contributed by atoms with Gasteiger partial charge in [-0.05, 0) is 55.4 Å². The molecule has 0 saturated heterocycles. The van der Waals surface area contributed by atoms with Gasteiger partial charge in [0.15, 0.2) is 0 Å². The third-order valence-electron chi connectivity index (χ3n) is 4.50. The van der Waals surface area contributed by atoms with Crippen molar-refractivity contribution in [3.63, 3.8) is 0 Å². The fraction of sp³-hybridized carbons (Fsp3) is 0.533. The van der Waals surface area contributed by atoms with E-state index in [2.05, 4.69) is 5.32 Å². The van der Waals surface area contributed by atoms with Gasteiger partial charge in [0.1, 0.15) is 0 Å². The van der Waals surface area contributed by atoms with Crippen molar-refractivity contribution < 1.29 is 4.79 Å². The number of anilines is 2. The molecule has 3 heteroatoms. The molecule has 0 bridgehead atoms. The molecule has 0 spiro atoms. The van der Waals surface area contributed by atoms with Crippen LogP contribution < -0.4 is 11.1 Å². The largest absolute Gasteiger partial charge is 0.399 e. The zero-order chi connectivity index (χ0) is 12.7. The first-order valence-corrected chi connectivity index (χ1v) is 6.84. The van der Waals surface area contributed by atoms with E-state index in [9.17, 15) is 4.79 Å². The minimum absolute atomic E-state index is 0.205. The molecule has 96 valence electrons. The van der Waals surface area contributed by atoms with Crippen molar-refractivity contribution in [2.45, 2.75) is 32.6 Å². The molecule has 0 heterocycles. The number of carbonyl (C=O) groups excluding carboxylic acids is 1. The molecule has 1 amide bonds. The fourth-order valence-electron chi connectivity index (χ4n) is 3.36. The smallest absolute Gasteiger partial charge is 0.228 e. The highest BCUT2D eigenvalue weighted by molar-refractivity contribution is 5.95. The number of hydrogen-bond donors (Lipinski definition) is 2. The van der Waals surface area contributed by atoms with Crippen molar-refractivity contribution in [3.8, 4) is 0 Å². The third kappa shape index (κ3) is 1.98. The standard InChI is InChI=1S/C15H20N2O/c1-9-8-10(6-7-13(9)16)17-15(18)14-11-4-2-3-5-12(11)14/h6-8,11-12,14H,2-5,16H2,1H3,(H,17,18). The minimum Gasteiger partial charge on any atom is -0.399 e. The zero-order valence-electron chi connectivity index (χ0n) is 10.8. The lowest BCUT2D eigenvalue weighted by atomic mass is 10.0. The molecule has 1 aromatic rings. The van der Waals surface area contributed by atoms with Gasteiger partial charge in [-0.3, -0.25) is 4.79 Å². The fourth-order valence-corrected chi connectivity index (χ4v) is 3.36. The first-order valence-electron chi connectivity index (χ1n) is 6.84. The third-order valence-corrected chi connectivity index (χ3v) is 4.50. The lowest BCUT2D eigenvalue weighted by molar-refractivity contribution is -0.117. The second-order valence-corrected chi connectivity index (χ2v) is 5.70. The number of rotatable bonds is 2. The Hall–Kier alpha value is -1.51. The average molecular weight is 244 g/mol. The van der Waals surface area contributed by atoms with Crippen molar-refractivity contribution in [1.29, 1.82) is 0 Å². The first-order chi connectivity index (χ1) is 8.66. The molecule has 0 aliphatic heterocycles. The van der Waals surface area contributed by atoms with Crippen LogP contribution in [0.15, 0.2) is 18.2 Å². The quantitative estimate of drug-likeness (QED) is 0.786. The molecule has 2 aliphatic carbocycles. The first kappa shape index (κ1) is 11.6. The van der Waals surface area contributed by atoms with E-state index in [1.807, 2.05) is 25.1 Å². The summed E-state index contributed by atoms with van der Waals surface area (Å²) in [7, 11) is 0. The Morgan fingerprint density at radius 3 is 2.56 bits per heavy atom. The lowest BCUT2D eigenvalue weighted by Crippen LogP contribution is -2.15. The summed E-state index contributed by atoms with van der Waals surface area (Å²) in [5, 5.41) is 3.03. The molecule has 18 heavy (non-hydrogen) atoms. The van der Waals surface area contributed by atoms with Crippen molar-refractivity contribution >= 4 is 17.3 Å². The van der Waals surface area contributed by atoms with Crippen LogP contribution in [0.4, 0.5) is 11.4 Å². The van der Waals surface area contributed by atoms with E-state index in [1.165, 1.54) is 25.7 Å². The maximum absolute atomic E-state index is 12.2. The SMILES string of the molecule is Cc1cc(NC(=O)C2C3CCCCC32)ccc1N. The summed E-state index contributed by atoms with van der Waals surface area (Å²) in [4.78, 5) is 12.2. The molecule has 2 fully saturated rings. The highest BCUT2D eigenvalue weighted by Gasteiger charge is 2.54. The highest BCUT2D eigenvalue weighted by atomic mass is 16.2. The zero-order valence-corrected chi connectivity index (χ0v) is 10.8. The Morgan fingerprint density at radius 2 is 1.94 bits per heavy atom. The van der Waals surface area contributed by atoms with Crippen LogP contribution in [0.25, 0.3) is 0 Å². The lowest BCUT2D eigenvalue weighted by Gasteiger charge is -2.07. The van der Waals surface area contributed by atoms with Crippen molar-refractivity contribution in [3.05, 3.63) is 23.8 Å². The van der Waals surface area contributed by atoms with Gasteiger partial charge in [-0.15, -0.1) is 0 Å². The molecule has 3 nitrogen and oxygen atoms in total. The molecule has 0 radical (unpaired) electrons. The van der Waals surface area contributed by atoms with Crippen LogP contribution in [0.5, 0.6) is 0 Å². The predicted octanol–water partition coefficient (Wildman–Crippen LogP) is 2.95. The van der Waals surface area contributed by atoms with Gasteiger partial charge in [0.05, 0.1) is 0 Å². The van der Waals surface area contributed by atoms with E-state index in [1.54, 1.807) is 0 Å². The summed E-state index contributed by atoms with van der Waals surface area (Å²) in [6.07, 6.45) is 5.07. The molecule has 3 N–H and O–H groups in total. The maximum Gasteiger partial charge on any atom is 0.228 e. The monoisotopic (exact) mass is 244 g/mol. The van der Waals surface area contributed by atoms with E-state index in [4.69, 9.17) is 5.73 Å². The number of nitrogens with two attached hydrogens (primary N) is 1. The molecule has 2 saturated carbocycles. The molecule has 3 rings (SSSR count). The van der Waals surface area contributed by atoms with E-state index < -0.39 is 0 Å². The van der Waals surface area contributed by atoms with Gasteiger partial charge in [0.2, 0.25) is 5.91 Å². The number of nitrogens with one attached hydrogen (secondary N) is 1. The van der Waals surface area contributed by atoms with Crippen molar-refractivity contribution in [2.24, 2.45) is 17.8 Å². The number of carbonyl (C=O) groups is 1. The van der Waals surface area contributed by atoms with Crippen LogP contribution >= 0.6 is 0 Å². The van der Waals surface area contributed by atoms with Gasteiger partial charge in [-0.25, -0.2) is 0 Å². The number of benzene rings is 1. The van der Waals surface area contributed by atoms with Crippen LogP contribution in [0.1, 0.15) is 31.2 Å². The Labute approximate surface area is 108 Å². The van der Waals surface area contributed by atoms with E-state index >= 15 is 0 Å². The molecule has 2 atom stereocenters. The summed E-state index contributed by atoms with van der Waals surface area (Å²) >= 11 is 0. The normalized spacial score (nSPS) is 29.5. The highest BCUT2D eigenvalue weighted by Crippen LogP contribution is 2.55. The predicted molar refractivity (Wildman–Crippen MR) is 73.2 cm³/mol. The number of nitrogen functional groups attached to an aromatic ring is 1. The van der Waals surface area contributed by atoms with E-state index in [-0.39, 0.29) is 11.8 Å². The summed E-state index contributed by atoms with van der Waals surface area (Å²) < 4.78 is 0. The molecule has 2 aliphatic rings. The average Bonchev–Trinajstić information content (AvgIpc) is 3.08. The second kappa shape index (κ2) is 4.30. The summed E-state index contributed by atoms with van der Waals surface area (Å²) in [6, 6.07) is 5.68. The Kier molecular flexibility index (Phi) is 2.77. The van der Waals surface area contributed by atoms with Crippen LogP contribution in [0, 0.1) is 24.7 Å². The molecular formula is C15H20N2O. The number of fused-ring (bicyclic) bond motifs is 1. The van der Waals surface area contributed by atoms with Gasteiger partial charge in [-0.2, -0.15) is 0 Å². The van der Waals surface area contributed by atoms with Gasteiger partial charge < -0.3 is 11.1 Å². The Bertz CT molecular complexity index is 471. The van der Waals surface area contributed by atoms with Crippen LogP contribution in [-0.2, 0) is 4.79 Å².